The number of halogens is 2. The molecule has 1 aromatic rings. The smallest absolute Gasteiger partial charge is 0.335 e. The van der Waals surface area contributed by atoms with E-state index in [0.29, 0.717) is 0 Å². The lowest BCUT2D eigenvalue weighted by Crippen LogP contribution is -2.34. The third-order valence-corrected chi connectivity index (χ3v) is 4.98. The van der Waals surface area contributed by atoms with Gasteiger partial charge in [0.15, 0.2) is 0 Å². The van der Waals surface area contributed by atoms with Crippen molar-refractivity contribution in [2.45, 2.75) is 31.4 Å². The minimum Gasteiger partial charge on any atom is -0.463 e. The Morgan fingerprint density at radius 2 is 2.30 bits per heavy atom. The van der Waals surface area contributed by atoms with Crippen LogP contribution in [0.3, 0.4) is 0 Å². The van der Waals surface area contributed by atoms with Gasteiger partial charge in [0.05, 0.1) is 22.9 Å². The van der Waals surface area contributed by atoms with Crippen LogP contribution in [-0.4, -0.2) is 26.2 Å². The molecule has 1 aliphatic rings. The molecule has 23 heavy (non-hydrogen) atoms. The Labute approximate surface area is 142 Å². The van der Waals surface area contributed by atoms with E-state index in [9.17, 15) is 17.6 Å². The van der Waals surface area contributed by atoms with E-state index < -0.39 is 33.4 Å². The quantitative estimate of drug-likeness (QED) is 0.815. The lowest BCUT2D eigenvalue weighted by atomic mass is 9.99. The summed E-state index contributed by atoms with van der Waals surface area (Å²) in [6, 6.07) is 3.07. The van der Waals surface area contributed by atoms with Crippen molar-refractivity contribution in [3.8, 4) is 0 Å². The van der Waals surface area contributed by atoms with Crippen LogP contribution in [0.5, 0.6) is 0 Å². The SMILES string of the molecule is [2H]C1([2H])CCC=C(C(=O)OCC)[C@@H]1S(=O)(=O)Nc1ccc(F)cc1Cl. The molecular weight excluding hydrogens is 345 g/mol. The van der Waals surface area contributed by atoms with Crippen LogP contribution in [-0.2, 0) is 19.6 Å². The molecule has 0 bridgehead atoms. The fourth-order valence-electron chi connectivity index (χ4n) is 2.13. The van der Waals surface area contributed by atoms with Crippen molar-refractivity contribution in [1.29, 1.82) is 0 Å². The highest BCUT2D eigenvalue weighted by atomic mass is 35.5. The van der Waals surface area contributed by atoms with Crippen molar-refractivity contribution in [1.82, 2.24) is 0 Å². The molecule has 0 amide bonds. The minimum absolute atomic E-state index is 0.0309. The maximum atomic E-state index is 13.1. The number of carbonyl (C=O) groups excluding carboxylic acids is 1. The predicted octanol–water partition coefficient (Wildman–Crippen LogP) is 3.26. The number of sulfonamides is 1. The molecular formula is C15H17ClFNO4S. The van der Waals surface area contributed by atoms with Gasteiger partial charge in [0.2, 0.25) is 10.0 Å². The second-order valence-electron chi connectivity index (χ2n) is 4.77. The molecule has 0 spiro atoms. The zero-order valence-corrected chi connectivity index (χ0v) is 13.9. The molecule has 0 radical (unpaired) electrons. The first-order valence-corrected chi connectivity index (χ1v) is 8.85. The molecule has 0 aromatic heterocycles. The van der Waals surface area contributed by atoms with E-state index in [1.807, 2.05) is 0 Å². The van der Waals surface area contributed by atoms with Gasteiger partial charge in [-0.2, -0.15) is 0 Å². The number of esters is 1. The van der Waals surface area contributed by atoms with Gasteiger partial charge in [0.1, 0.15) is 11.1 Å². The molecule has 8 heteroatoms. The summed E-state index contributed by atoms with van der Waals surface area (Å²) < 4.78 is 61.8. The molecule has 0 saturated carbocycles. The standard InChI is InChI=1S/C15H17ClFNO4S/c1-2-22-15(19)11-5-3-4-6-14(11)23(20,21)18-13-8-7-10(17)9-12(13)16/h5,7-9,14,18H,2-4,6H2,1H3/t14-/m1/s1/i6D2. The van der Waals surface area contributed by atoms with Crippen LogP contribution in [0.4, 0.5) is 10.1 Å². The highest BCUT2D eigenvalue weighted by Gasteiger charge is 2.35. The van der Waals surface area contributed by atoms with Gasteiger partial charge in [-0.15, -0.1) is 0 Å². The molecule has 126 valence electrons. The average molecular weight is 364 g/mol. The third-order valence-electron chi connectivity index (χ3n) is 3.13. The van der Waals surface area contributed by atoms with Crippen molar-refractivity contribution in [3.63, 3.8) is 0 Å². The number of carbonyl (C=O) groups is 1. The Bertz CT molecular complexity index is 814. The van der Waals surface area contributed by atoms with Gasteiger partial charge in [-0.25, -0.2) is 17.6 Å². The molecule has 0 saturated heterocycles. The van der Waals surface area contributed by atoms with Crippen LogP contribution in [0.2, 0.25) is 5.02 Å². The fraction of sp³-hybridized carbons (Fsp3) is 0.400. The third kappa shape index (κ3) is 4.23. The Morgan fingerprint density at radius 1 is 1.57 bits per heavy atom. The number of rotatable bonds is 5. The van der Waals surface area contributed by atoms with E-state index in [2.05, 4.69) is 4.72 Å². The number of hydrogen-bond acceptors (Lipinski definition) is 4. The summed E-state index contributed by atoms with van der Waals surface area (Å²) in [5, 5.41) is -1.95. The number of nitrogens with one attached hydrogen (secondary N) is 1. The van der Waals surface area contributed by atoms with E-state index in [0.717, 1.165) is 18.2 Å². The van der Waals surface area contributed by atoms with Crippen molar-refractivity contribution in [2.75, 3.05) is 11.3 Å². The summed E-state index contributed by atoms with van der Waals surface area (Å²) in [5.74, 6) is -1.53. The van der Waals surface area contributed by atoms with E-state index in [1.165, 1.54) is 6.08 Å². The van der Waals surface area contributed by atoms with Crippen LogP contribution in [0.25, 0.3) is 0 Å². The molecule has 2 rings (SSSR count). The van der Waals surface area contributed by atoms with E-state index in [4.69, 9.17) is 19.1 Å². The number of hydrogen-bond donors (Lipinski definition) is 1. The lowest BCUT2D eigenvalue weighted by molar-refractivity contribution is -0.138. The Hall–Kier alpha value is -1.60. The molecule has 1 atom stereocenters. The lowest BCUT2D eigenvalue weighted by Gasteiger charge is -2.24. The van der Waals surface area contributed by atoms with Crippen LogP contribution in [0.15, 0.2) is 29.8 Å². The minimum atomic E-state index is -4.39. The zero-order chi connectivity index (χ0) is 18.8. The summed E-state index contributed by atoms with van der Waals surface area (Å²) in [4.78, 5) is 12.1. The monoisotopic (exact) mass is 363 g/mol. The maximum absolute atomic E-state index is 13.1. The van der Waals surface area contributed by atoms with Gasteiger partial charge in [0, 0.05) is 2.74 Å². The van der Waals surface area contributed by atoms with Gasteiger partial charge >= 0.3 is 5.97 Å². The molecule has 0 fully saturated rings. The molecule has 5 nitrogen and oxygen atoms in total. The second kappa shape index (κ2) is 7.31. The van der Waals surface area contributed by atoms with Gasteiger partial charge in [-0.05, 0) is 44.3 Å². The molecule has 0 heterocycles. The first kappa shape index (κ1) is 15.0. The van der Waals surface area contributed by atoms with Crippen LogP contribution in [0.1, 0.15) is 28.9 Å². The summed E-state index contributed by atoms with van der Waals surface area (Å²) in [6.07, 6.45) is -0.673. The summed E-state index contributed by atoms with van der Waals surface area (Å²) >= 11 is 5.83. The topological polar surface area (TPSA) is 72.5 Å². The first-order valence-electron chi connectivity index (χ1n) is 7.92. The predicted molar refractivity (Wildman–Crippen MR) is 86.3 cm³/mol. The summed E-state index contributed by atoms with van der Waals surface area (Å²) in [7, 11) is -4.39. The van der Waals surface area contributed by atoms with Gasteiger partial charge in [0.25, 0.3) is 0 Å². The van der Waals surface area contributed by atoms with Crippen molar-refractivity contribution in [3.05, 3.63) is 40.7 Å². The van der Waals surface area contributed by atoms with Crippen LogP contribution < -0.4 is 4.72 Å². The Balaban J connectivity index is 2.43. The maximum Gasteiger partial charge on any atom is 0.335 e. The Kier molecular flexibility index (Phi) is 4.76. The molecule has 1 aliphatic carbocycles. The fourth-order valence-corrected chi connectivity index (χ4v) is 3.86. The Morgan fingerprint density at radius 3 is 2.96 bits per heavy atom. The van der Waals surface area contributed by atoms with Gasteiger partial charge < -0.3 is 4.74 Å². The van der Waals surface area contributed by atoms with E-state index in [1.54, 1.807) is 6.92 Å². The largest absolute Gasteiger partial charge is 0.463 e. The normalized spacial score (nSPS) is 21.7. The number of anilines is 1. The average Bonchev–Trinajstić information content (AvgIpc) is 2.48. The van der Waals surface area contributed by atoms with Crippen molar-refractivity contribution in [2.24, 2.45) is 0 Å². The molecule has 0 unspecified atom stereocenters. The first-order chi connectivity index (χ1) is 11.6. The van der Waals surface area contributed by atoms with Gasteiger partial charge in [-0.3, -0.25) is 4.72 Å². The summed E-state index contributed by atoms with van der Waals surface area (Å²) in [5.41, 5.74) is -0.364. The van der Waals surface area contributed by atoms with Gasteiger partial charge in [-0.1, -0.05) is 17.7 Å². The van der Waals surface area contributed by atoms with Crippen LogP contribution >= 0.6 is 11.6 Å². The second-order valence-corrected chi connectivity index (χ2v) is 6.95. The van der Waals surface area contributed by atoms with Crippen LogP contribution in [0, 0.1) is 5.82 Å². The van der Waals surface area contributed by atoms with Crippen molar-refractivity contribution >= 4 is 33.3 Å². The molecule has 0 aliphatic heterocycles. The number of ether oxygens (including phenoxy) is 1. The zero-order valence-electron chi connectivity index (χ0n) is 14.3. The van der Waals surface area contributed by atoms with Crippen molar-refractivity contribution < 1.29 is 25.1 Å². The number of benzene rings is 1. The van der Waals surface area contributed by atoms with E-state index in [-0.39, 0.29) is 35.7 Å². The number of allylic oxidation sites excluding steroid dienone is 1. The molecule has 1 N–H and O–H groups in total. The van der Waals surface area contributed by atoms with E-state index >= 15 is 0 Å². The highest BCUT2D eigenvalue weighted by Crippen LogP contribution is 2.30. The highest BCUT2D eigenvalue weighted by molar-refractivity contribution is 7.93. The molecule has 1 aromatic carbocycles. The summed E-state index contributed by atoms with van der Waals surface area (Å²) in [6.45, 7) is 1.60.